The number of likely N-dealkylation sites (tertiary alicyclic amines) is 1. The Morgan fingerprint density at radius 2 is 1.84 bits per heavy atom. The third-order valence-electron chi connectivity index (χ3n) is 4.76. The van der Waals surface area contributed by atoms with E-state index in [1.165, 1.54) is 5.56 Å². The topological polar surface area (TPSA) is 35.6 Å². The Hall–Kier alpha value is -1.10. The fraction of sp³-hybridized carbons (Fsp3) is 0.650. The average Bonchev–Trinajstić information content (AvgIpc) is 2.54. The molecule has 2 rings (SSSR count). The molecule has 5 heteroatoms. The zero-order valence-corrected chi connectivity index (χ0v) is 16.8. The Morgan fingerprint density at radius 1 is 1.24 bits per heavy atom. The molecule has 1 N–H and O–H groups in total. The molecule has 1 saturated heterocycles. The molecule has 1 aromatic rings. The summed E-state index contributed by atoms with van der Waals surface area (Å²) < 4.78 is 0. The molecule has 0 unspecified atom stereocenters. The van der Waals surface area contributed by atoms with Crippen molar-refractivity contribution in [3.05, 3.63) is 34.9 Å². The lowest BCUT2D eigenvalue weighted by Gasteiger charge is -2.33. The highest BCUT2D eigenvalue weighted by molar-refractivity contribution is 6.30. The summed E-state index contributed by atoms with van der Waals surface area (Å²) in [5.41, 5.74) is 1.37. The first kappa shape index (κ1) is 20.2. The molecule has 0 bridgehead atoms. The van der Waals surface area contributed by atoms with Crippen molar-refractivity contribution in [1.29, 1.82) is 0 Å². The summed E-state index contributed by atoms with van der Waals surface area (Å²) in [6.45, 7) is 8.97. The maximum atomic E-state index is 12.5. The van der Waals surface area contributed by atoms with Crippen molar-refractivity contribution in [1.82, 2.24) is 15.1 Å². The van der Waals surface area contributed by atoms with Crippen molar-refractivity contribution in [3.63, 3.8) is 0 Å². The van der Waals surface area contributed by atoms with Crippen LogP contribution in [0.25, 0.3) is 0 Å². The van der Waals surface area contributed by atoms with Gasteiger partial charge < -0.3 is 10.2 Å². The van der Waals surface area contributed by atoms with Gasteiger partial charge in [-0.05, 0) is 63.1 Å². The molecular formula is C20H32ClN3O. The minimum Gasteiger partial charge on any atom is -0.355 e. The van der Waals surface area contributed by atoms with E-state index in [1.54, 1.807) is 0 Å². The molecule has 0 spiro atoms. The Bertz CT molecular complexity index is 549. The second kappa shape index (κ2) is 9.02. The van der Waals surface area contributed by atoms with Gasteiger partial charge in [0.05, 0.1) is 0 Å². The Labute approximate surface area is 157 Å². The van der Waals surface area contributed by atoms with Crippen LogP contribution in [0, 0.1) is 11.3 Å². The van der Waals surface area contributed by atoms with Crippen LogP contribution in [0.5, 0.6) is 0 Å². The van der Waals surface area contributed by atoms with Crippen molar-refractivity contribution in [2.24, 2.45) is 11.3 Å². The van der Waals surface area contributed by atoms with Crippen LogP contribution in [0.3, 0.4) is 0 Å². The van der Waals surface area contributed by atoms with Gasteiger partial charge in [-0.2, -0.15) is 0 Å². The van der Waals surface area contributed by atoms with Gasteiger partial charge in [-0.3, -0.25) is 9.69 Å². The van der Waals surface area contributed by atoms with Gasteiger partial charge in [-0.1, -0.05) is 37.6 Å². The molecule has 0 aliphatic carbocycles. The number of carbonyl (C=O) groups is 1. The zero-order chi connectivity index (χ0) is 18.4. The molecule has 1 amide bonds. The lowest BCUT2D eigenvalue weighted by atomic mass is 9.91. The Balaban J connectivity index is 1.73. The highest BCUT2D eigenvalue weighted by Gasteiger charge is 2.27. The summed E-state index contributed by atoms with van der Waals surface area (Å²) in [7, 11) is 4.14. The van der Waals surface area contributed by atoms with Crippen LogP contribution in [0.2, 0.25) is 5.02 Å². The first-order valence-electron chi connectivity index (χ1n) is 9.14. The standard InChI is InChI=1S/C20H32ClN3O/c1-20(2,15-23(3)4)14-22-19(25)17-9-11-24(12-10-17)13-16-5-7-18(21)8-6-16/h5-8,17H,9-15H2,1-4H3,(H,22,25). The molecule has 1 aliphatic heterocycles. The Morgan fingerprint density at radius 3 is 2.40 bits per heavy atom. The second-order valence-electron chi connectivity index (χ2n) is 8.30. The summed E-state index contributed by atoms with van der Waals surface area (Å²) in [6.07, 6.45) is 1.88. The fourth-order valence-corrected chi connectivity index (χ4v) is 3.71. The molecule has 4 nitrogen and oxygen atoms in total. The van der Waals surface area contributed by atoms with E-state index in [0.717, 1.165) is 50.6 Å². The van der Waals surface area contributed by atoms with Gasteiger partial charge in [0, 0.05) is 30.6 Å². The lowest BCUT2D eigenvalue weighted by Crippen LogP contribution is -2.44. The molecule has 0 radical (unpaired) electrons. The van der Waals surface area contributed by atoms with E-state index in [-0.39, 0.29) is 17.2 Å². The molecule has 0 atom stereocenters. The molecule has 1 fully saturated rings. The molecular weight excluding hydrogens is 334 g/mol. The Kier molecular flexibility index (Phi) is 7.29. The van der Waals surface area contributed by atoms with Gasteiger partial charge in [0.2, 0.25) is 5.91 Å². The monoisotopic (exact) mass is 365 g/mol. The molecule has 0 aromatic heterocycles. The number of hydrogen-bond acceptors (Lipinski definition) is 3. The van der Waals surface area contributed by atoms with E-state index in [9.17, 15) is 4.79 Å². The maximum Gasteiger partial charge on any atom is 0.223 e. The van der Waals surface area contributed by atoms with Gasteiger partial charge >= 0.3 is 0 Å². The van der Waals surface area contributed by atoms with E-state index in [0.29, 0.717) is 0 Å². The number of piperidine rings is 1. The van der Waals surface area contributed by atoms with Crippen LogP contribution in [0.15, 0.2) is 24.3 Å². The summed E-state index contributed by atoms with van der Waals surface area (Å²) in [5.74, 6) is 0.370. The first-order chi connectivity index (χ1) is 11.7. The van der Waals surface area contributed by atoms with Crippen LogP contribution in [0.4, 0.5) is 0 Å². The van der Waals surface area contributed by atoms with Gasteiger partial charge in [-0.15, -0.1) is 0 Å². The van der Waals surface area contributed by atoms with Crippen molar-refractivity contribution in [3.8, 4) is 0 Å². The van der Waals surface area contributed by atoms with E-state index in [4.69, 9.17) is 11.6 Å². The molecule has 0 saturated carbocycles. The smallest absolute Gasteiger partial charge is 0.223 e. The SMILES string of the molecule is CN(C)CC(C)(C)CNC(=O)C1CCN(Cc2ccc(Cl)cc2)CC1. The number of hydrogen-bond donors (Lipinski definition) is 1. The average molecular weight is 366 g/mol. The number of benzene rings is 1. The van der Waals surface area contributed by atoms with Crippen LogP contribution in [-0.2, 0) is 11.3 Å². The van der Waals surface area contributed by atoms with Crippen LogP contribution in [0.1, 0.15) is 32.3 Å². The zero-order valence-electron chi connectivity index (χ0n) is 16.0. The van der Waals surface area contributed by atoms with Crippen molar-refractivity contribution >= 4 is 17.5 Å². The molecule has 140 valence electrons. The van der Waals surface area contributed by atoms with Crippen molar-refractivity contribution in [2.75, 3.05) is 40.3 Å². The minimum atomic E-state index is 0.0917. The summed E-state index contributed by atoms with van der Waals surface area (Å²) in [5, 5.41) is 3.94. The van der Waals surface area contributed by atoms with E-state index in [1.807, 2.05) is 12.1 Å². The minimum absolute atomic E-state index is 0.0917. The second-order valence-corrected chi connectivity index (χ2v) is 8.73. The first-order valence-corrected chi connectivity index (χ1v) is 9.52. The summed E-state index contributed by atoms with van der Waals surface area (Å²) >= 11 is 5.94. The number of amides is 1. The van der Waals surface area contributed by atoms with Gasteiger partial charge in [0.15, 0.2) is 0 Å². The number of halogens is 1. The third kappa shape index (κ3) is 6.96. The summed E-state index contributed by atoms with van der Waals surface area (Å²) in [6, 6.07) is 8.03. The van der Waals surface area contributed by atoms with Crippen molar-refractivity contribution < 1.29 is 4.79 Å². The predicted octanol–water partition coefficient (Wildman–Crippen LogP) is 3.26. The normalized spacial score (nSPS) is 17.0. The van der Waals surface area contributed by atoms with E-state index in [2.05, 4.69) is 55.2 Å². The van der Waals surface area contributed by atoms with Crippen molar-refractivity contribution in [2.45, 2.75) is 33.2 Å². The largest absolute Gasteiger partial charge is 0.355 e. The lowest BCUT2D eigenvalue weighted by molar-refractivity contribution is -0.127. The van der Waals surface area contributed by atoms with Gasteiger partial charge in [0.25, 0.3) is 0 Å². The fourth-order valence-electron chi connectivity index (χ4n) is 3.58. The molecule has 1 aliphatic rings. The maximum absolute atomic E-state index is 12.5. The number of rotatable bonds is 7. The van der Waals surface area contributed by atoms with Gasteiger partial charge in [0.1, 0.15) is 0 Å². The van der Waals surface area contributed by atoms with Crippen LogP contribution >= 0.6 is 11.6 Å². The molecule has 1 heterocycles. The van der Waals surface area contributed by atoms with Crippen LogP contribution in [-0.4, -0.2) is 56.0 Å². The third-order valence-corrected chi connectivity index (χ3v) is 5.02. The number of nitrogens with zero attached hydrogens (tertiary/aromatic N) is 2. The number of nitrogens with one attached hydrogen (secondary N) is 1. The summed E-state index contributed by atoms with van der Waals surface area (Å²) in [4.78, 5) is 17.1. The molecule has 1 aromatic carbocycles. The quantitative estimate of drug-likeness (QED) is 0.805. The van der Waals surface area contributed by atoms with E-state index >= 15 is 0 Å². The highest BCUT2D eigenvalue weighted by Crippen LogP contribution is 2.21. The highest BCUT2D eigenvalue weighted by atomic mass is 35.5. The predicted molar refractivity (Wildman–Crippen MR) is 105 cm³/mol. The number of carbonyl (C=O) groups excluding carboxylic acids is 1. The van der Waals surface area contributed by atoms with Crippen LogP contribution < -0.4 is 5.32 Å². The molecule has 25 heavy (non-hydrogen) atoms. The van der Waals surface area contributed by atoms with Gasteiger partial charge in [-0.25, -0.2) is 0 Å². The van der Waals surface area contributed by atoms with E-state index < -0.39 is 0 Å².